The van der Waals surface area contributed by atoms with E-state index in [0.29, 0.717) is 11.9 Å². The summed E-state index contributed by atoms with van der Waals surface area (Å²) >= 11 is 3.44. The van der Waals surface area contributed by atoms with E-state index >= 15 is 0 Å². The lowest BCUT2D eigenvalue weighted by molar-refractivity contribution is -0.141. The van der Waals surface area contributed by atoms with Gasteiger partial charge in [-0.1, -0.05) is 43.3 Å². The number of carbonyl (C=O) groups is 2. The standard InChI is InChI=1S/C17H20N2O2.C10H14BNO4.C7H8BrN.CH4/c1-11(5-16(20)21-4)14-6-15(10-19-9-14)17-12(2)7-18-8-13(17)3;1-7(3-10(13)16-2)8-4-9(11(14)15)6-12-5-8;1-5-3-9-4-6(2)7(5)8;/h6-11H,5H2,1-4H3;4-7,14-15H,3H2,1-2H3;3-4H,1-2H3;1H4/t11-;7-;;/m00../s1. The van der Waals surface area contributed by atoms with Gasteiger partial charge in [-0.25, -0.2) is 0 Å². The van der Waals surface area contributed by atoms with E-state index in [4.69, 9.17) is 14.8 Å². The van der Waals surface area contributed by atoms with Gasteiger partial charge >= 0.3 is 19.1 Å². The van der Waals surface area contributed by atoms with Gasteiger partial charge in [-0.15, -0.1) is 0 Å². The van der Waals surface area contributed by atoms with E-state index in [1.165, 1.54) is 31.5 Å². The van der Waals surface area contributed by atoms with E-state index in [1.54, 1.807) is 12.3 Å². The summed E-state index contributed by atoms with van der Waals surface area (Å²) in [5.74, 6) is -0.502. The molecule has 0 radical (unpaired) electrons. The first-order chi connectivity index (χ1) is 21.8. The summed E-state index contributed by atoms with van der Waals surface area (Å²) in [5, 5.41) is 18.0. The third kappa shape index (κ3) is 13.0. The van der Waals surface area contributed by atoms with Gasteiger partial charge in [-0.05, 0) is 84.5 Å². The predicted molar refractivity (Wildman–Crippen MR) is 189 cm³/mol. The van der Waals surface area contributed by atoms with Crippen LogP contribution in [0.1, 0.15) is 79.3 Å². The van der Waals surface area contributed by atoms with Crippen molar-refractivity contribution < 1.29 is 29.1 Å². The van der Waals surface area contributed by atoms with Crippen LogP contribution in [0.5, 0.6) is 0 Å². The Morgan fingerprint density at radius 3 is 1.53 bits per heavy atom. The molecule has 2 atom stereocenters. The molecule has 252 valence electrons. The van der Waals surface area contributed by atoms with Gasteiger partial charge in [0.1, 0.15) is 0 Å². The Bertz CT molecular complexity index is 1560. The highest BCUT2D eigenvalue weighted by Crippen LogP contribution is 2.29. The average molecular weight is 709 g/mol. The molecule has 4 aromatic heterocycles. The minimum atomic E-state index is -1.54. The van der Waals surface area contributed by atoms with Crippen LogP contribution in [-0.2, 0) is 19.1 Å². The van der Waals surface area contributed by atoms with Gasteiger partial charge in [-0.2, -0.15) is 0 Å². The van der Waals surface area contributed by atoms with Crippen molar-refractivity contribution in [2.75, 3.05) is 14.2 Å². The molecule has 0 aliphatic carbocycles. The second-order valence-electron chi connectivity index (χ2n) is 11.0. The van der Waals surface area contributed by atoms with Crippen molar-refractivity contribution in [3.8, 4) is 11.1 Å². The monoisotopic (exact) mass is 708 g/mol. The number of aryl methyl sites for hydroxylation is 4. The van der Waals surface area contributed by atoms with Crippen LogP contribution < -0.4 is 5.46 Å². The van der Waals surface area contributed by atoms with Crippen molar-refractivity contribution in [1.82, 2.24) is 19.9 Å². The summed E-state index contributed by atoms with van der Waals surface area (Å²) in [5.41, 5.74) is 8.96. The van der Waals surface area contributed by atoms with Gasteiger partial charge < -0.3 is 19.5 Å². The Morgan fingerprint density at radius 1 is 0.702 bits per heavy atom. The average Bonchev–Trinajstić information content (AvgIpc) is 3.04. The molecule has 4 rings (SSSR count). The summed E-state index contributed by atoms with van der Waals surface area (Å²) in [6.45, 7) is 12.0. The van der Waals surface area contributed by atoms with Gasteiger partial charge in [0.05, 0.1) is 27.1 Å². The molecular formula is C35H46BBrN4O6. The molecule has 10 nitrogen and oxygen atoms in total. The molecule has 0 fully saturated rings. The Hall–Kier alpha value is -4.00. The van der Waals surface area contributed by atoms with E-state index in [2.05, 4.69) is 46.7 Å². The van der Waals surface area contributed by atoms with Crippen molar-refractivity contribution in [1.29, 1.82) is 0 Å². The van der Waals surface area contributed by atoms with Crippen LogP contribution in [0.4, 0.5) is 0 Å². The van der Waals surface area contributed by atoms with Crippen molar-refractivity contribution in [3.63, 3.8) is 0 Å². The first-order valence-electron chi connectivity index (χ1n) is 14.7. The molecule has 4 heterocycles. The normalized spacial score (nSPS) is 11.3. The molecule has 0 bridgehead atoms. The largest absolute Gasteiger partial charge is 0.490 e. The Balaban J connectivity index is 0.000000376. The van der Waals surface area contributed by atoms with E-state index < -0.39 is 7.12 Å². The van der Waals surface area contributed by atoms with E-state index in [-0.39, 0.29) is 37.6 Å². The Labute approximate surface area is 287 Å². The fourth-order valence-corrected chi connectivity index (χ4v) is 4.70. The van der Waals surface area contributed by atoms with Gasteiger partial charge in [0.25, 0.3) is 0 Å². The molecule has 0 unspecified atom stereocenters. The first kappa shape index (κ1) is 41.0. The predicted octanol–water partition coefficient (Wildman–Crippen LogP) is 5.95. The lowest BCUT2D eigenvalue weighted by Gasteiger charge is -2.13. The topological polar surface area (TPSA) is 145 Å². The van der Waals surface area contributed by atoms with Crippen LogP contribution in [0.3, 0.4) is 0 Å². The van der Waals surface area contributed by atoms with E-state index in [9.17, 15) is 9.59 Å². The fourth-order valence-electron chi connectivity index (χ4n) is 4.49. The molecule has 0 aliphatic rings. The van der Waals surface area contributed by atoms with Crippen LogP contribution in [-0.4, -0.2) is 63.3 Å². The minimum absolute atomic E-state index is 0. The smallest absolute Gasteiger partial charge is 0.469 e. The first-order valence-corrected chi connectivity index (χ1v) is 15.5. The molecule has 47 heavy (non-hydrogen) atoms. The zero-order chi connectivity index (χ0) is 34.4. The Morgan fingerprint density at radius 2 is 1.11 bits per heavy atom. The number of hydrogen-bond donors (Lipinski definition) is 2. The highest BCUT2D eigenvalue weighted by atomic mass is 79.9. The number of carbonyl (C=O) groups excluding carboxylic acids is 2. The molecule has 0 saturated heterocycles. The molecule has 0 spiro atoms. The van der Waals surface area contributed by atoms with Crippen molar-refractivity contribution in [2.45, 2.75) is 73.6 Å². The van der Waals surface area contributed by atoms with Crippen molar-refractivity contribution in [2.24, 2.45) is 0 Å². The van der Waals surface area contributed by atoms with Gasteiger partial charge in [-0.3, -0.25) is 29.5 Å². The van der Waals surface area contributed by atoms with Crippen molar-refractivity contribution >= 4 is 40.4 Å². The highest BCUT2D eigenvalue weighted by Gasteiger charge is 2.17. The van der Waals surface area contributed by atoms with Crippen LogP contribution >= 0.6 is 15.9 Å². The zero-order valence-electron chi connectivity index (χ0n) is 27.6. The fraction of sp³-hybridized carbons (Fsp3) is 0.371. The maximum absolute atomic E-state index is 11.4. The highest BCUT2D eigenvalue weighted by molar-refractivity contribution is 9.10. The summed E-state index contributed by atoms with van der Waals surface area (Å²) < 4.78 is 10.5. The summed E-state index contributed by atoms with van der Waals surface area (Å²) in [4.78, 5) is 38.9. The SMILES string of the molecule is C.COC(=O)C[C@H](C)c1cncc(-c2c(C)cncc2C)c1.COC(=O)C[C@H](C)c1cncc(B(O)O)c1.Cc1cncc(C)c1Br. The lowest BCUT2D eigenvalue weighted by Crippen LogP contribution is -2.30. The number of nitrogens with zero attached hydrogens (tertiary/aromatic N) is 4. The molecule has 12 heteroatoms. The number of rotatable bonds is 8. The van der Waals surface area contributed by atoms with Gasteiger partial charge in [0.15, 0.2) is 0 Å². The van der Waals surface area contributed by atoms with Crippen LogP contribution in [0.15, 0.2) is 66.2 Å². The number of aromatic nitrogens is 4. The molecule has 4 aromatic rings. The van der Waals surface area contributed by atoms with Gasteiger partial charge in [0.2, 0.25) is 0 Å². The maximum atomic E-state index is 11.4. The number of methoxy groups -OCH3 is 2. The second-order valence-corrected chi connectivity index (χ2v) is 11.8. The van der Waals surface area contributed by atoms with Gasteiger partial charge in [0, 0.05) is 65.1 Å². The summed E-state index contributed by atoms with van der Waals surface area (Å²) in [6, 6.07) is 3.71. The summed E-state index contributed by atoms with van der Waals surface area (Å²) in [7, 11) is 1.20. The quantitative estimate of drug-likeness (QED) is 0.166. The third-order valence-corrected chi connectivity index (χ3v) is 8.47. The Kier molecular flexibility index (Phi) is 17.7. The molecule has 0 saturated carbocycles. The molecular weight excluding hydrogens is 663 g/mol. The lowest BCUT2D eigenvalue weighted by atomic mass is 9.80. The number of pyridine rings is 4. The number of hydrogen-bond acceptors (Lipinski definition) is 10. The molecule has 0 aliphatic heterocycles. The zero-order valence-corrected chi connectivity index (χ0v) is 29.2. The van der Waals surface area contributed by atoms with E-state index in [0.717, 1.165) is 37.9 Å². The number of ether oxygens (including phenoxy) is 2. The number of halogens is 1. The maximum Gasteiger partial charge on any atom is 0.490 e. The number of esters is 2. The molecule has 0 amide bonds. The van der Waals surface area contributed by atoms with Crippen LogP contribution in [0.25, 0.3) is 11.1 Å². The van der Waals surface area contributed by atoms with Crippen molar-refractivity contribution in [3.05, 3.63) is 99.6 Å². The molecule has 0 aromatic carbocycles. The second kappa shape index (κ2) is 20.3. The van der Waals surface area contributed by atoms with E-state index in [1.807, 2.05) is 78.7 Å². The summed E-state index contributed by atoms with van der Waals surface area (Å²) in [6.07, 6.45) is 14.6. The third-order valence-electron chi connectivity index (χ3n) is 7.22. The molecule has 2 N–H and O–H groups in total. The van der Waals surface area contributed by atoms with Crippen LogP contribution in [0.2, 0.25) is 0 Å². The van der Waals surface area contributed by atoms with Crippen LogP contribution in [0, 0.1) is 27.7 Å². The minimum Gasteiger partial charge on any atom is -0.469 e.